The molecule has 0 aromatic heterocycles. The van der Waals surface area contributed by atoms with Crippen molar-refractivity contribution in [2.24, 2.45) is 5.73 Å². The summed E-state index contributed by atoms with van der Waals surface area (Å²) in [6.45, 7) is 0. The van der Waals surface area contributed by atoms with Gasteiger partial charge in [-0.05, 0) is 12.5 Å². The molecule has 1 aromatic carbocycles. The number of rotatable bonds is 3. The molecule has 1 nitrogen and oxygen atoms in total. The molecule has 0 aliphatic heterocycles. The molecule has 2 N–H and O–H groups in total. The highest BCUT2D eigenvalue weighted by atomic mass is 35.5. The van der Waals surface area contributed by atoms with Crippen LogP contribution in [0, 0.1) is 11.6 Å². The second-order valence-corrected chi connectivity index (χ2v) is 3.40. The predicted molar refractivity (Wildman–Crippen MR) is 55.8 cm³/mol. The number of hydrogen-bond acceptors (Lipinski definition) is 1. The molecule has 0 saturated heterocycles. The fraction of sp³-hybridized carbons (Fsp3) is 0.400. The Morgan fingerprint density at radius 3 is 2.29 bits per heavy atom. The van der Waals surface area contributed by atoms with Crippen LogP contribution in [0.4, 0.5) is 22.0 Å². The highest BCUT2D eigenvalue weighted by molar-refractivity contribution is 5.85. The summed E-state index contributed by atoms with van der Waals surface area (Å²) >= 11 is 0. The van der Waals surface area contributed by atoms with Gasteiger partial charge in [-0.25, -0.2) is 8.78 Å². The van der Waals surface area contributed by atoms with E-state index in [1.165, 1.54) is 12.1 Å². The van der Waals surface area contributed by atoms with Gasteiger partial charge < -0.3 is 5.73 Å². The van der Waals surface area contributed by atoms with E-state index in [-0.39, 0.29) is 18.0 Å². The van der Waals surface area contributed by atoms with E-state index >= 15 is 0 Å². The zero-order chi connectivity index (χ0) is 12.3. The third kappa shape index (κ3) is 4.87. The molecule has 0 heterocycles. The maximum atomic E-state index is 13.1. The summed E-state index contributed by atoms with van der Waals surface area (Å²) in [5, 5.41) is 0. The molecule has 0 fully saturated rings. The lowest BCUT2D eigenvalue weighted by atomic mass is 10.0. The van der Waals surface area contributed by atoms with Crippen molar-refractivity contribution in [1.82, 2.24) is 0 Å². The Hall–Kier alpha value is -0.880. The molecule has 0 bridgehead atoms. The smallest absolute Gasteiger partial charge is 0.324 e. The molecule has 0 amide bonds. The lowest BCUT2D eigenvalue weighted by molar-refractivity contribution is -0.136. The van der Waals surface area contributed by atoms with Crippen LogP contribution in [-0.2, 0) is 0 Å². The van der Waals surface area contributed by atoms with E-state index in [0.29, 0.717) is 0 Å². The monoisotopic (exact) mass is 275 g/mol. The van der Waals surface area contributed by atoms with Crippen LogP contribution in [0.2, 0.25) is 0 Å². The average molecular weight is 276 g/mol. The third-order valence-electron chi connectivity index (χ3n) is 2.12. The molecule has 1 rings (SSSR count). The summed E-state index contributed by atoms with van der Waals surface area (Å²) in [5.74, 6) is -2.29. The number of hydrogen-bond donors (Lipinski definition) is 1. The minimum Gasteiger partial charge on any atom is -0.324 e. The number of alkyl halides is 3. The van der Waals surface area contributed by atoms with Gasteiger partial charge in [0, 0.05) is 18.0 Å². The summed E-state index contributed by atoms with van der Waals surface area (Å²) in [7, 11) is 0. The van der Waals surface area contributed by atoms with Crippen molar-refractivity contribution in [2.75, 3.05) is 0 Å². The van der Waals surface area contributed by atoms with Gasteiger partial charge in [0.15, 0.2) is 11.6 Å². The first-order valence-electron chi connectivity index (χ1n) is 4.57. The summed E-state index contributed by atoms with van der Waals surface area (Å²) in [6.07, 6.45) is -5.94. The molecule has 0 aliphatic rings. The summed E-state index contributed by atoms with van der Waals surface area (Å²) < 4.78 is 61.6. The van der Waals surface area contributed by atoms with Gasteiger partial charge in [0.2, 0.25) is 0 Å². The molecular formula is C10H11ClF5N. The van der Waals surface area contributed by atoms with Gasteiger partial charge >= 0.3 is 6.18 Å². The standard InChI is InChI=1S/C10H10F5N.ClH/c11-7-3-1-2-6(9(7)12)8(16)4-5-10(13,14)15;/h1-3,8H,4-5,16H2;1H/t8-;/m1./s1. The molecular weight excluding hydrogens is 265 g/mol. The molecule has 1 atom stereocenters. The minimum absolute atomic E-state index is 0. The second kappa shape index (κ2) is 6.16. The Balaban J connectivity index is 0.00000256. The van der Waals surface area contributed by atoms with E-state index in [2.05, 4.69) is 0 Å². The van der Waals surface area contributed by atoms with Gasteiger partial charge in [0.05, 0.1) is 0 Å². The lowest BCUT2D eigenvalue weighted by Gasteiger charge is -2.14. The van der Waals surface area contributed by atoms with Gasteiger partial charge in [0.1, 0.15) is 0 Å². The fourth-order valence-electron chi connectivity index (χ4n) is 1.28. The predicted octanol–water partition coefficient (Wildman–Crippen LogP) is 3.73. The number of halogens is 6. The maximum absolute atomic E-state index is 13.1. The molecule has 7 heteroatoms. The summed E-state index contributed by atoms with van der Waals surface area (Å²) in [6, 6.07) is 2.12. The first kappa shape index (κ1) is 16.1. The van der Waals surface area contributed by atoms with Gasteiger partial charge in [-0.2, -0.15) is 13.2 Å². The van der Waals surface area contributed by atoms with Crippen LogP contribution in [-0.4, -0.2) is 6.18 Å². The maximum Gasteiger partial charge on any atom is 0.389 e. The van der Waals surface area contributed by atoms with E-state index in [0.717, 1.165) is 6.07 Å². The van der Waals surface area contributed by atoms with Crippen molar-refractivity contribution in [3.8, 4) is 0 Å². The molecule has 0 spiro atoms. The zero-order valence-electron chi connectivity index (χ0n) is 8.60. The minimum atomic E-state index is -4.35. The first-order chi connectivity index (χ1) is 7.31. The van der Waals surface area contributed by atoms with E-state index in [1.54, 1.807) is 0 Å². The number of benzene rings is 1. The number of nitrogens with two attached hydrogens (primary N) is 1. The van der Waals surface area contributed by atoms with Crippen molar-refractivity contribution in [1.29, 1.82) is 0 Å². The van der Waals surface area contributed by atoms with E-state index in [9.17, 15) is 22.0 Å². The Labute approximate surface area is 101 Å². The molecule has 0 saturated carbocycles. The Kier molecular flexibility index (Phi) is 5.84. The van der Waals surface area contributed by atoms with E-state index < -0.39 is 36.7 Å². The molecule has 0 unspecified atom stereocenters. The van der Waals surface area contributed by atoms with Crippen LogP contribution in [0.3, 0.4) is 0 Å². The first-order valence-corrected chi connectivity index (χ1v) is 4.57. The molecule has 17 heavy (non-hydrogen) atoms. The Bertz CT molecular complexity index is 366. The van der Waals surface area contributed by atoms with Crippen molar-refractivity contribution >= 4 is 12.4 Å². The summed E-state index contributed by atoms with van der Waals surface area (Å²) in [4.78, 5) is 0. The van der Waals surface area contributed by atoms with Gasteiger partial charge in [-0.15, -0.1) is 12.4 Å². The Morgan fingerprint density at radius 2 is 1.76 bits per heavy atom. The third-order valence-corrected chi connectivity index (χ3v) is 2.12. The van der Waals surface area contributed by atoms with Crippen LogP contribution in [0.15, 0.2) is 18.2 Å². The second-order valence-electron chi connectivity index (χ2n) is 3.40. The van der Waals surface area contributed by atoms with Gasteiger partial charge in [-0.3, -0.25) is 0 Å². The van der Waals surface area contributed by atoms with Crippen molar-refractivity contribution in [2.45, 2.75) is 25.1 Å². The van der Waals surface area contributed by atoms with E-state index in [1.807, 2.05) is 0 Å². The SMILES string of the molecule is Cl.N[C@H](CCC(F)(F)F)c1cccc(F)c1F. The largest absolute Gasteiger partial charge is 0.389 e. The topological polar surface area (TPSA) is 26.0 Å². The molecule has 0 aliphatic carbocycles. The average Bonchev–Trinajstić information content (AvgIpc) is 2.17. The highest BCUT2D eigenvalue weighted by Crippen LogP contribution is 2.27. The Morgan fingerprint density at radius 1 is 1.18 bits per heavy atom. The van der Waals surface area contributed by atoms with Gasteiger partial charge in [0.25, 0.3) is 0 Å². The zero-order valence-corrected chi connectivity index (χ0v) is 9.42. The fourth-order valence-corrected chi connectivity index (χ4v) is 1.28. The highest BCUT2D eigenvalue weighted by Gasteiger charge is 2.28. The molecule has 1 aromatic rings. The van der Waals surface area contributed by atoms with Crippen LogP contribution in [0.5, 0.6) is 0 Å². The van der Waals surface area contributed by atoms with E-state index in [4.69, 9.17) is 5.73 Å². The van der Waals surface area contributed by atoms with Crippen molar-refractivity contribution < 1.29 is 22.0 Å². The van der Waals surface area contributed by atoms with Crippen LogP contribution >= 0.6 is 12.4 Å². The van der Waals surface area contributed by atoms with Crippen molar-refractivity contribution in [3.05, 3.63) is 35.4 Å². The van der Waals surface area contributed by atoms with Crippen LogP contribution in [0.1, 0.15) is 24.4 Å². The molecule has 0 radical (unpaired) electrons. The van der Waals surface area contributed by atoms with Crippen LogP contribution < -0.4 is 5.73 Å². The van der Waals surface area contributed by atoms with Crippen molar-refractivity contribution in [3.63, 3.8) is 0 Å². The quantitative estimate of drug-likeness (QED) is 0.836. The lowest BCUT2D eigenvalue weighted by Crippen LogP contribution is -2.17. The van der Waals surface area contributed by atoms with Crippen LogP contribution in [0.25, 0.3) is 0 Å². The normalized spacial score (nSPS) is 13.1. The summed E-state index contributed by atoms with van der Waals surface area (Å²) in [5.41, 5.74) is 5.13. The van der Waals surface area contributed by atoms with Gasteiger partial charge in [-0.1, -0.05) is 12.1 Å². The molecule has 98 valence electrons.